The van der Waals surface area contributed by atoms with E-state index in [2.05, 4.69) is 22.0 Å². The number of rotatable bonds is 3. The molecule has 3 nitrogen and oxygen atoms in total. The molecule has 1 N–H and O–H groups in total. The van der Waals surface area contributed by atoms with Crippen molar-refractivity contribution < 1.29 is 5.11 Å². The second-order valence-corrected chi connectivity index (χ2v) is 5.92. The molecule has 2 aromatic carbocycles. The predicted octanol–water partition coefficient (Wildman–Crippen LogP) is 5.01. The van der Waals surface area contributed by atoms with E-state index < -0.39 is 0 Å². The van der Waals surface area contributed by atoms with E-state index in [0.29, 0.717) is 5.57 Å². The van der Waals surface area contributed by atoms with Crippen LogP contribution >= 0.6 is 15.9 Å². The van der Waals surface area contributed by atoms with Crippen molar-refractivity contribution >= 4 is 27.6 Å². The quantitative estimate of drug-likeness (QED) is 0.664. The van der Waals surface area contributed by atoms with Crippen LogP contribution in [-0.2, 0) is 0 Å². The highest BCUT2D eigenvalue weighted by Gasteiger charge is 2.06. The number of halogens is 1. The largest absolute Gasteiger partial charge is 0.508 e. The molecule has 3 aromatic rings. The van der Waals surface area contributed by atoms with Crippen molar-refractivity contribution in [3.05, 3.63) is 82.6 Å². The molecule has 0 radical (unpaired) electrons. The monoisotopic (exact) mass is 364 g/mol. The summed E-state index contributed by atoms with van der Waals surface area (Å²) >= 11 is 3.43. The molecular weight excluding hydrogens is 352 g/mol. The van der Waals surface area contributed by atoms with E-state index in [1.807, 2.05) is 65.4 Å². The number of allylic oxidation sites excluding steroid dienone is 1. The Balaban J connectivity index is 2.04. The van der Waals surface area contributed by atoms with Crippen LogP contribution in [-0.4, -0.2) is 9.67 Å². The van der Waals surface area contributed by atoms with E-state index in [1.165, 1.54) is 0 Å². The third-order valence-corrected chi connectivity index (χ3v) is 3.95. The number of nitrogens with zero attached hydrogens (tertiary/aromatic N) is 2. The van der Waals surface area contributed by atoms with Gasteiger partial charge in [0.2, 0.25) is 0 Å². The Hall–Kier alpha value is -2.77. The van der Waals surface area contributed by atoms with Gasteiger partial charge in [-0.3, -0.25) is 0 Å². The van der Waals surface area contributed by atoms with Gasteiger partial charge in [-0.15, -0.1) is 0 Å². The van der Waals surface area contributed by atoms with Gasteiger partial charge in [-0.2, -0.15) is 5.26 Å². The Morgan fingerprint density at radius 2 is 1.87 bits per heavy atom. The molecule has 23 heavy (non-hydrogen) atoms. The maximum Gasteiger partial charge on any atom is 0.115 e. The molecule has 0 unspecified atom stereocenters. The first kappa shape index (κ1) is 15.1. The van der Waals surface area contributed by atoms with Gasteiger partial charge in [0, 0.05) is 22.1 Å². The molecule has 0 saturated carbocycles. The topological polar surface area (TPSA) is 49.0 Å². The number of nitriles is 1. The Morgan fingerprint density at radius 1 is 1.09 bits per heavy atom. The molecule has 0 amide bonds. The zero-order chi connectivity index (χ0) is 16.2. The van der Waals surface area contributed by atoms with Crippen LogP contribution in [0.4, 0.5) is 0 Å². The summed E-state index contributed by atoms with van der Waals surface area (Å²) in [5, 5.41) is 18.9. The predicted molar refractivity (Wildman–Crippen MR) is 95.1 cm³/mol. The van der Waals surface area contributed by atoms with Crippen molar-refractivity contribution in [3.8, 4) is 17.5 Å². The van der Waals surface area contributed by atoms with Crippen LogP contribution in [0.2, 0.25) is 0 Å². The fourth-order valence-electron chi connectivity index (χ4n) is 2.34. The average Bonchev–Trinajstić information content (AvgIpc) is 3.01. The van der Waals surface area contributed by atoms with Crippen molar-refractivity contribution in [2.45, 2.75) is 0 Å². The summed E-state index contributed by atoms with van der Waals surface area (Å²) in [5.41, 5.74) is 3.27. The fourth-order valence-corrected chi connectivity index (χ4v) is 2.74. The van der Waals surface area contributed by atoms with Gasteiger partial charge < -0.3 is 9.67 Å². The van der Waals surface area contributed by atoms with Crippen LogP contribution < -0.4 is 0 Å². The molecule has 0 atom stereocenters. The lowest BCUT2D eigenvalue weighted by Crippen LogP contribution is -1.94. The summed E-state index contributed by atoms with van der Waals surface area (Å²) in [5.74, 6) is 0.227. The summed E-state index contributed by atoms with van der Waals surface area (Å²) < 4.78 is 2.90. The molecule has 0 saturated heterocycles. The third-order valence-electron chi connectivity index (χ3n) is 3.46. The van der Waals surface area contributed by atoms with Crippen molar-refractivity contribution in [2.75, 3.05) is 0 Å². The summed E-state index contributed by atoms with van der Waals surface area (Å²) in [7, 11) is 0. The number of benzene rings is 2. The first-order valence-corrected chi connectivity index (χ1v) is 7.81. The second kappa shape index (κ2) is 6.55. The van der Waals surface area contributed by atoms with E-state index >= 15 is 0 Å². The molecule has 0 aliphatic heterocycles. The van der Waals surface area contributed by atoms with E-state index in [1.54, 1.807) is 12.1 Å². The first-order chi connectivity index (χ1) is 11.2. The van der Waals surface area contributed by atoms with Gasteiger partial charge >= 0.3 is 0 Å². The molecule has 1 heterocycles. The maximum absolute atomic E-state index is 9.49. The number of hydrogen-bond acceptors (Lipinski definition) is 2. The summed E-state index contributed by atoms with van der Waals surface area (Å²) in [6, 6.07) is 20.7. The average molecular weight is 365 g/mol. The molecule has 4 heteroatoms. The minimum atomic E-state index is 0.227. The summed E-state index contributed by atoms with van der Waals surface area (Å²) in [4.78, 5) is 0. The molecule has 0 aliphatic rings. The molecule has 1 aromatic heterocycles. The number of aromatic hydroxyl groups is 1. The van der Waals surface area contributed by atoms with Crippen LogP contribution in [0.25, 0.3) is 17.3 Å². The minimum Gasteiger partial charge on any atom is -0.508 e. The Bertz CT molecular complexity index is 902. The van der Waals surface area contributed by atoms with Crippen molar-refractivity contribution in [2.24, 2.45) is 0 Å². The number of hydrogen-bond donors (Lipinski definition) is 1. The van der Waals surface area contributed by atoms with Gasteiger partial charge in [0.1, 0.15) is 5.75 Å². The van der Waals surface area contributed by atoms with Crippen LogP contribution in [0.1, 0.15) is 11.3 Å². The fraction of sp³-hybridized carbons (Fsp3) is 0. The molecule has 0 spiro atoms. The van der Waals surface area contributed by atoms with Gasteiger partial charge in [0.05, 0.1) is 11.6 Å². The highest BCUT2D eigenvalue weighted by atomic mass is 79.9. The normalized spacial score (nSPS) is 11.2. The molecule has 0 fully saturated rings. The molecule has 3 rings (SSSR count). The highest BCUT2D eigenvalue weighted by molar-refractivity contribution is 9.10. The maximum atomic E-state index is 9.49. The number of phenols is 1. The van der Waals surface area contributed by atoms with E-state index in [0.717, 1.165) is 21.4 Å². The lowest BCUT2D eigenvalue weighted by Gasteiger charge is -2.07. The van der Waals surface area contributed by atoms with Gasteiger partial charge in [-0.1, -0.05) is 28.1 Å². The zero-order valence-electron chi connectivity index (χ0n) is 12.1. The zero-order valence-corrected chi connectivity index (χ0v) is 13.7. The number of phenolic OH excluding ortho intramolecular Hbond substituents is 1. The first-order valence-electron chi connectivity index (χ1n) is 7.02. The minimum absolute atomic E-state index is 0.227. The van der Waals surface area contributed by atoms with Crippen molar-refractivity contribution in [3.63, 3.8) is 0 Å². The van der Waals surface area contributed by atoms with Crippen LogP contribution in [0, 0.1) is 11.3 Å². The molecule has 0 aliphatic carbocycles. The second-order valence-electron chi connectivity index (χ2n) is 5.00. The van der Waals surface area contributed by atoms with Gasteiger partial charge in [-0.25, -0.2) is 0 Å². The molecular formula is C19H13BrN2O. The Kier molecular flexibility index (Phi) is 4.31. The molecule has 112 valence electrons. The highest BCUT2D eigenvalue weighted by Crippen LogP contribution is 2.23. The number of aromatic nitrogens is 1. The van der Waals surface area contributed by atoms with Crippen LogP contribution in [0.5, 0.6) is 5.75 Å². The Labute approximate surface area is 142 Å². The standard InChI is InChI=1S/C19H13BrN2O/c20-16-4-1-3-14(11-16)15(13-21)12-18-5-2-10-22(18)17-6-8-19(23)9-7-17/h1-12,23H. The summed E-state index contributed by atoms with van der Waals surface area (Å²) in [6.45, 7) is 0. The van der Waals surface area contributed by atoms with Crippen molar-refractivity contribution in [1.29, 1.82) is 5.26 Å². The SMILES string of the molecule is N#CC(=Cc1cccn1-c1ccc(O)cc1)c1cccc(Br)c1. The van der Waals surface area contributed by atoms with E-state index in [-0.39, 0.29) is 5.75 Å². The smallest absolute Gasteiger partial charge is 0.115 e. The van der Waals surface area contributed by atoms with Gasteiger partial charge in [0.15, 0.2) is 0 Å². The van der Waals surface area contributed by atoms with Gasteiger partial charge in [-0.05, 0) is 60.2 Å². The Morgan fingerprint density at radius 3 is 2.57 bits per heavy atom. The van der Waals surface area contributed by atoms with E-state index in [4.69, 9.17) is 0 Å². The summed E-state index contributed by atoms with van der Waals surface area (Å²) in [6.07, 6.45) is 3.78. The lowest BCUT2D eigenvalue weighted by atomic mass is 10.1. The lowest BCUT2D eigenvalue weighted by molar-refractivity contribution is 0.475. The third kappa shape index (κ3) is 3.36. The van der Waals surface area contributed by atoms with Gasteiger partial charge in [0.25, 0.3) is 0 Å². The van der Waals surface area contributed by atoms with Crippen molar-refractivity contribution in [1.82, 2.24) is 4.57 Å². The van der Waals surface area contributed by atoms with E-state index in [9.17, 15) is 10.4 Å². The molecule has 0 bridgehead atoms. The van der Waals surface area contributed by atoms with Crippen LogP contribution in [0.15, 0.2) is 71.3 Å². The van der Waals surface area contributed by atoms with Crippen LogP contribution in [0.3, 0.4) is 0 Å².